The van der Waals surface area contributed by atoms with Gasteiger partial charge in [0.05, 0.1) is 11.3 Å². The van der Waals surface area contributed by atoms with Crippen LogP contribution in [0.4, 0.5) is 10.5 Å². The van der Waals surface area contributed by atoms with Gasteiger partial charge in [-0.05, 0) is 61.9 Å². The summed E-state index contributed by atoms with van der Waals surface area (Å²) in [6, 6.07) is 13.7. The fraction of sp³-hybridized carbons (Fsp3) is 0.0833. The summed E-state index contributed by atoms with van der Waals surface area (Å²) in [5.74, 6) is -2.08. The monoisotopic (exact) mass is 430 g/mol. The van der Waals surface area contributed by atoms with Gasteiger partial charge in [-0.2, -0.15) is 0 Å². The summed E-state index contributed by atoms with van der Waals surface area (Å²) in [5, 5.41) is 11.4. The van der Waals surface area contributed by atoms with Gasteiger partial charge < -0.3 is 9.52 Å². The molecule has 0 aliphatic carbocycles. The number of imide groups is 2. The maximum atomic E-state index is 13.0. The van der Waals surface area contributed by atoms with Crippen molar-refractivity contribution in [3.05, 3.63) is 82.6 Å². The molecule has 1 aliphatic heterocycles. The zero-order chi connectivity index (χ0) is 23.0. The number of nitrogens with one attached hydrogen (secondary N) is 1. The number of hydrogen-bond donors (Lipinski definition) is 2. The lowest BCUT2D eigenvalue weighted by molar-refractivity contribution is -0.122. The molecule has 32 heavy (non-hydrogen) atoms. The predicted molar refractivity (Wildman–Crippen MR) is 116 cm³/mol. The second-order valence-electron chi connectivity index (χ2n) is 7.33. The van der Waals surface area contributed by atoms with E-state index < -0.39 is 23.8 Å². The minimum absolute atomic E-state index is 0.107. The van der Waals surface area contributed by atoms with Crippen molar-refractivity contribution in [3.63, 3.8) is 0 Å². The maximum absolute atomic E-state index is 13.0. The van der Waals surface area contributed by atoms with Gasteiger partial charge in [0, 0.05) is 5.56 Å². The lowest BCUT2D eigenvalue weighted by atomic mass is 10.0. The van der Waals surface area contributed by atoms with E-state index in [0.29, 0.717) is 17.0 Å². The van der Waals surface area contributed by atoms with Crippen molar-refractivity contribution < 1.29 is 28.7 Å². The molecule has 2 N–H and O–H groups in total. The minimum atomic E-state index is -1.06. The first-order valence-corrected chi connectivity index (χ1v) is 9.67. The van der Waals surface area contributed by atoms with Gasteiger partial charge in [-0.1, -0.05) is 23.8 Å². The summed E-state index contributed by atoms with van der Waals surface area (Å²) >= 11 is 0. The largest absolute Gasteiger partial charge is 0.478 e. The molecule has 3 aromatic rings. The van der Waals surface area contributed by atoms with Crippen LogP contribution in [0.3, 0.4) is 0 Å². The summed E-state index contributed by atoms with van der Waals surface area (Å²) in [7, 11) is 0. The van der Waals surface area contributed by atoms with E-state index in [2.05, 4.69) is 5.32 Å². The number of carboxylic acids is 1. The number of anilines is 1. The number of furan rings is 1. The topological polar surface area (TPSA) is 117 Å². The van der Waals surface area contributed by atoms with Crippen LogP contribution < -0.4 is 10.2 Å². The van der Waals surface area contributed by atoms with Crippen LogP contribution in [0.2, 0.25) is 0 Å². The molecule has 0 radical (unpaired) electrons. The molecule has 0 unspecified atom stereocenters. The zero-order valence-corrected chi connectivity index (χ0v) is 17.2. The Bertz CT molecular complexity index is 1300. The molecule has 8 heteroatoms. The lowest BCUT2D eigenvalue weighted by Crippen LogP contribution is -2.54. The van der Waals surface area contributed by atoms with E-state index in [9.17, 15) is 24.3 Å². The maximum Gasteiger partial charge on any atom is 0.335 e. The van der Waals surface area contributed by atoms with Crippen LogP contribution in [0.5, 0.6) is 0 Å². The van der Waals surface area contributed by atoms with Gasteiger partial charge in [-0.25, -0.2) is 14.5 Å². The molecular formula is C24H18N2O6. The number of carbonyl (C=O) groups is 4. The average Bonchev–Trinajstić information content (AvgIpc) is 3.21. The standard InChI is InChI=1S/C24H18N2O6/c1-13-3-7-16(8-4-13)26-22(28)19(21(27)25-24(26)31)12-17-9-10-20(32-17)18-11-15(23(29)30)6-5-14(18)2/h3-12H,1-2H3,(H,29,30)(H,25,27,31)/b19-12-. The Morgan fingerprint density at radius 2 is 1.72 bits per heavy atom. The van der Waals surface area contributed by atoms with E-state index in [1.54, 1.807) is 42.5 Å². The third kappa shape index (κ3) is 3.81. The Morgan fingerprint density at radius 1 is 1.00 bits per heavy atom. The molecule has 160 valence electrons. The van der Waals surface area contributed by atoms with Gasteiger partial charge in [0.15, 0.2) is 0 Å². The first-order valence-electron chi connectivity index (χ1n) is 9.67. The molecular weight excluding hydrogens is 412 g/mol. The second-order valence-corrected chi connectivity index (χ2v) is 7.33. The van der Waals surface area contributed by atoms with Crippen LogP contribution in [0.1, 0.15) is 27.2 Å². The quantitative estimate of drug-likeness (QED) is 0.479. The number of rotatable bonds is 4. The van der Waals surface area contributed by atoms with Crippen molar-refractivity contribution >= 4 is 35.6 Å². The Morgan fingerprint density at radius 3 is 2.41 bits per heavy atom. The van der Waals surface area contributed by atoms with Crippen LogP contribution in [-0.2, 0) is 9.59 Å². The van der Waals surface area contributed by atoms with Crippen molar-refractivity contribution in [2.75, 3.05) is 4.90 Å². The van der Waals surface area contributed by atoms with Crippen LogP contribution in [0.25, 0.3) is 17.4 Å². The van der Waals surface area contributed by atoms with E-state index in [0.717, 1.165) is 16.0 Å². The number of carboxylic acid groups (broad SMARTS) is 1. The molecule has 4 amide bonds. The Balaban J connectivity index is 1.69. The molecule has 1 aromatic heterocycles. The van der Waals surface area contributed by atoms with Gasteiger partial charge in [-0.3, -0.25) is 14.9 Å². The van der Waals surface area contributed by atoms with E-state index in [1.165, 1.54) is 18.2 Å². The van der Waals surface area contributed by atoms with E-state index in [4.69, 9.17) is 4.42 Å². The van der Waals surface area contributed by atoms with Crippen molar-refractivity contribution in [2.45, 2.75) is 13.8 Å². The highest BCUT2D eigenvalue weighted by Gasteiger charge is 2.37. The SMILES string of the molecule is Cc1ccc(N2C(=O)NC(=O)/C(=C/c3ccc(-c4cc(C(=O)O)ccc4C)o3)C2=O)cc1. The number of aromatic carboxylic acids is 1. The van der Waals surface area contributed by atoms with Crippen LogP contribution in [0.15, 0.2) is 64.6 Å². The first-order chi connectivity index (χ1) is 15.2. The van der Waals surface area contributed by atoms with Crippen LogP contribution in [-0.4, -0.2) is 28.9 Å². The van der Waals surface area contributed by atoms with Crippen molar-refractivity contribution in [1.82, 2.24) is 5.32 Å². The number of carbonyl (C=O) groups excluding carboxylic acids is 3. The van der Waals surface area contributed by atoms with Gasteiger partial charge in [0.2, 0.25) is 0 Å². The van der Waals surface area contributed by atoms with Crippen LogP contribution in [0, 0.1) is 13.8 Å². The number of nitrogens with zero attached hydrogens (tertiary/aromatic N) is 1. The van der Waals surface area contributed by atoms with Gasteiger partial charge in [-0.15, -0.1) is 0 Å². The van der Waals surface area contributed by atoms with Crippen LogP contribution >= 0.6 is 0 Å². The molecule has 2 aromatic carbocycles. The second kappa shape index (κ2) is 7.99. The number of urea groups is 1. The fourth-order valence-corrected chi connectivity index (χ4v) is 3.32. The number of amides is 4. The van der Waals surface area contributed by atoms with Crippen molar-refractivity contribution in [2.24, 2.45) is 0 Å². The fourth-order valence-electron chi connectivity index (χ4n) is 3.32. The molecule has 8 nitrogen and oxygen atoms in total. The average molecular weight is 430 g/mol. The van der Waals surface area contributed by atoms with Gasteiger partial charge >= 0.3 is 12.0 Å². The van der Waals surface area contributed by atoms with Crippen molar-refractivity contribution in [1.29, 1.82) is 0 Å². The van der Waals surface area contributed by atoms with Gasteiger partial charge in [0.1, 0.15) is 17.1 Å². The normalized spacial score (nSPS) is 15.2. The molecule has 0 spiro atoms. The summed E-state index contributed by atoms with van der Waals surface area (Å²) in [5.41, 5.74) is 2.50. The number of benzene rings is 2. The Kier molecular flexibility index (Phi) is 5.19. The number of barbiturate groups is 1. The number of hydrogen-bond acceptors (Lipinski definition) is 5. The summed E-state index contributed by atoms with van der Waals surface area (Å²) in [6.07, 6.45) is 1.26. The smallest absolute Gasteiger partial charge is 0.335 e. The number of aryl methyl sites for hydroxylation is 2. The van der Waals surface area contributed by atoms with E-state index in [-0.39, 0.29) is 16.9 Å². The molecule has 1 saturated heterocycles. The van der Waals surface area contributed by atoms with E-state index >= 15 is 0 Å². The molecule has 4 rings (SSSR count). The predicted octanol–water partition coefficient (Wildman–Crippen LogP) is 3.93. The molecule has 0 atom stereocenters. The lowest BCUT2D eigenvalue weighted by Gasteiger charge is -2.26. The molecule has 2 heterocycles. The molecule has 0 bridgehead atoms. The zero-order valence-electron chi connectivity index (χ0n) is 17.2. The first kappa shape index (κ1) is 20.8. The highest BCUT2D eigenvalue weighted by molar-refractivity contribution is 6.39. The third-order valence-electron chi connectivity index (χ3n) is 5.06. The summed E-state index contributed by atoms with van der Waals surface area (Å²) in [6.45, 7) is 3.68. The molecule has 0 saturated carbocycles. The Labute approximate surface area is 182 Å². The summed E-state index contributed by atoms with van der Waals surface area (Å²) < 4.78 is 5.76. The summed E-state index contributed by atoms with van der Waals surface area (Å²) in [4.78, 5) is 49.7. The third-order valence-corrected chi connectivity index (χ3v) is 5.06. The van der Waals surface area contributed by atoms with E-state index in [1.807, 2.05) is 13.8 Å². The Hall–Kier alpha value is -4.46. The highest BCUT2D eigenvalue weighted by atomic mass is 16.4. The highest BCUT2D eigenvalue weighted by Crippen LogP contribution is 2.29. The van der Waals surface area contributed by atoms with Gasteiger partial charge in [0.25, 0.3) is 11.8 Å². The molecule has 1 fully saturated rings. The minimum Gasteiger partial charge on any atom is -0.478 e. The molecule has 1 aliphatic rings. The van der Waals surface area contributed by atoms with Crippen molar-refractivity contribution in [3.8, 4) is 11.3 Å².